The minimum Gasteiger partial charge on any atom is -0.492 e. The van der Waals surface area contributed by atoms with E-state index in [4.69, 9.17) is 49.6 Å². The van der Waals surface area contributed by atoms with Crippen LogP contribution in [-0.4, -0.2) is 34.9 Å². The van der Waals surface area contributed by atoms with Crippen molar-refractivity contribution in [3.05, 3.63) is 92.8 Å². The second kappa shape index (κ2) is 13.2. The normalized spacial score (nSPS) is 14.4. The molecule has 3 aromatic rings. The van der Waals surface area contributed by atoms with Gasteiger partial charge < -0.3 is 14.2 Å². The van der Waals surface area contributed by atoms with Crippen molar-refractivity contribution < 1.29 is 19.0 Å². The maximum atomic E-state index is 13.1. The minimum absolute atomic E-state index is 0.133. The van der Waals surface area contributed by atoms with Crippen molar-refractivity contribution in [2.75, 3.05) is 19.8 Å². The number of thioether (sulfide) groups is 1. The molecular formula is C28H25Cl2NO4S2. The molecular weight excluding hydrogens is 549 g/mol. The van der Waals surface area contributed by atoms with Crippen LogP contribution in [0.3, 0.4) is 0 Å². The molecule has 37 heavy (non-hydrogen) atoms. The second-order valence-corrected chi connectivity index (χ2v) is 10.5. The van der Waals surface area contributed by atoms with E-state index in [0.29, 0.717) is 69.3 Å². The number of ether oxygens (including phenoxy) is 3. The van der Waals surface area contributed by atoms with Gasteiger partial charge in [0.1, 0.15) is 10.1 Å². The number of carbonyl (C=O) groups is 1. The average molecular weight is 575 g/mol. The van der Waals surface area contributed by atoms with Crippen LogP contribution in [0.1, 0.15) is 24.5 Å². The molecule has 0 bridgehead atoms. The van der Waals surface area contributed by atoms with Gasteiger partial charge in [0, 0.05) is 6.42 Å². The molecule has 0 saturated carbocycles. The Morgan fingerprint density at radius 2 is 1.65 bits per heavy atom. The Kier molecular flexibility index (Phi) is 9.75. The zero-order valence-corrected chi connectivity index (χ0v) is 23.3. The fourth-order valence-corrected chi connectivity index (χ4v) is 5.32. The molecule has 0 N–H and O–H groups in total. The highest BCUT2D eigenvalue weighted by Gasteiger charge is 2.32. The fraction of sp³-hybridized carbons (Fsp3) is 0.214. The summed E-state index contributed by atoms with van der Waals surface area (Å²) in [6, 6.07) is 20.7. The Bertz CT molecular complexity index is 1300. The van der Waals surface area contributed by atoms with Crippen LogP contribution in [-0.2, 0) is 11.3 Å². The maximum Gasteiger partial charge on any atom is 0.266 e. The summed E-state index contributed by atoms with van der Waals surface area (Å²) in [4.78, 5) is 15.2. The van der Waals surface area contributed by atoms with Crippen molar-refractivity contribution in [2.24, 2.45) is 0 Å². The van der Waals surface area contributed by atoms with Gasteiger partial charge in [-0.05, 0) is 48.4 Å². The lowest BCUT2D eigenvalue weighted by molar-refractivity contribution is -0.122. The van der Waals surface area contributed by atoms with Gasteiger partial charge in [0.25, 0.3) is 5.91 Å². The van der Waals surface area contributed by atoms with Crippen LogP contribution in [0.25, 0.3) is 6.08 Å². The summed E-state index contributed by atoms with van der Waals surface area (Å²) in [6.45, 7) is 3.57. The van der Waals surface area contributed by atoms with Crippen molar-refractivity contribution in [1.29, 1.82) is 0 Å². The van der Waals surface area contributed by atoms with Gasteiger partial charge in [-0.15, -0.1) is 0 Å². The van der Waals surface area contributed by atoms with E-state index < -0.39 is 0 Å². The number of amides is 1. The number of benzene rings is 3. The highest BCUT2D eigenvalue weighted by Crippen LogP contribution is 2.39. The number of carbonyl (C=O) groups excluding carboxylic acids is 1. The molecule has 1 aliphatic rings. The smallest absolute Gasteiger partial charge is 0.266 e. The molecule has 1 fully saturated rings. The van der Waals surface area contributed by atoms with Gasteiger partial charge in [-0.25, -0.2) is 0 Å². The van der Waals surface area contributed by atoms with E-state index in [1.165, 1.54) is 11.8 Å². The molecule has 0 radical (unpaired) electrons. The zero-order valence-electron chi connectivity index (χ0n) is 20.1. The van der Waals surface area contributed by atoms with Crippen LogP contribution < -0.4 is 14.2 Å². The van der Waals surface area contributed by atoms with Crippen molar-refractivity contribution in [1.82, 2.24) is 4.90 Å². The van der Waals surface area contributed by atoms with E-state index in [9.17, 15) is 4.79 Å². The quantitative estimate of drug-likeness (QED) is 0.133. The number of thiocarbonyl (C=S) groups is 1. The molecule has 5 nitrogen and oxygen atoms in total. The third-order valence-electron chi connectivity index (χ3n) is 5.32. The van der Waals surface area contributed by atoms with E-state index in [2.05, 4.69) is 0 Å². The van der Waals surface area contributed by atoms with Gasteiger partial charge in [0.15, 0.2) is 11.5 Å². The Morgan fingerprint density at radius 3 is 2.41 bits per heavy atom. The molecule has 1 aliphatic heterocycles. The Morgan fingerprint density at radius 1 is 0.919 bits per heavy atom. The van der Waals surface area contributed by atoms with Crippen LogP contribution in [0.2, 0.25) is 10.0 Å². The fourth-order valence-electron chi connectivity index (χ4n) is 3.61. The minimum atomic E-state index is -0.133. The van der Waals surface area contributed by atoms with E-state index in [0.717, 1.165) is 11.1 Å². The number of nitrogens with zero attached hydrogens (tertiary/aromatic N) is 1. The summed E-state index contributed by atoms with van der Waals surface area (Å²) in [6.07, 6.45) is 2.40. The monoisotopic (exact) mass is 573 g/mol. The molecule has 9 heteroatoms. The Labute approximate surface area is 236 Å². The zero-order chi connectivity index (χ0) is 26.2. The van der Waals surface area contributed by atoms with E-state index >= 15 is 0 Å². The number of halogens is 2. The third kappa shape index (κ3) is 7.20. The average Bonchev–Trinajstić information content (AvgIpc) is 3.14. The molecule has 192 valence electrons. The van der Waals surface area contributed by atoms with Crippen LogP contribution in [0.4, 0.5) is 0 Å². The summed E-state index contributed by atoms with van der Waals surface area (Å²) in [5, 5.41) is 0.960. The van der Waals surface area contributed by atoms with Crippen molar-refractivity contribution in [3.63, 3.8) is 0 Å². The molecule has 0 atom stereocenters. The van der Waals surface area contributed by atoms with Crippen LogP contribution in [0.15, 0.2) is 71.6 Å². The first-order valence-electron chi connectivity index (χ1n) is 11.7. The summed E-state index contributed by atoms with van der Waals surface area (Å²) >= 11 is 19.4. The van der Waals surface area contributed by atoms with Crippen LogP contribution in [0.5, 0.6) is 17.2 Å². The Balaban J connectivity index is 1.42. The van der Waals surface area contributed by atoms with Crippen molar-refractivity contribution in [3.8, 4) is 17.2 Å². The van der Waals surface area contributed by atoms with Gasteiger partial charge >= 0.3 is 0 Å². The van der Waals surface area contributed by atoms with E-state index in [1.807, 2.05) is 61.5 Å². The topological polar surface area (TPSA) is 48.0 Å². The predicted octanol–water partition coefficient (Wildman–Crippen LogP) is 7.64. The first-order chi connectivity index (χ1) is 18.0. The maximum absolute atomic E-state index is 13.1. The lowest BCUT2D eigenvalue weighted by atomic mass is 10.1. The van der Waals surface area contributed by atoms with Gasteiger partial charge in [0.05, 0.1) is 41.3 Å². The number of rotatable bonds is 11. The standard InChI is InChI=1S/C28H25Cl2NO4S2/c1-2-33-24-16-20(17-25-27(32)31(28(36)37-25)18-19-9-4-3-5-10-19)15-22(30)26(24)35-14-8-13-34-23-12-7-6-11-21(23)29/h3-7,9-12,15-17H,2,8,13-14,18H2,1H3. The van der Waals surface area contributed by atoms with E-state index in [1.54, 1.807) is 23.1 Å². The Hall–Kier alpha value is -2.71. The molecule has 0 unspecified atom stereocenters. The number of hydrogen-bond donors (Lipinski definition) is 0. The van der Waals surface area contributed by atoms with Gasteiger partial charge in [-0.2, -0.15) is 0 Å². The van der Waals surface area contributed by atoms with Crippen molar-refractivity contribution in [2.45, 2.75) is 19.9 Å². The summed E-state index contributed by atoms with van der Waals surface area (Å²) in [5.41, 5.74) is 1.74. The van der Waals surface area contributed by atoms with Crippen LogP contribution >= 0.6 is 47.2 Å². The van der Waals surface area contributed by atoms with E-state index in [-0.39, 0.29) is 5.91 Å². The molecule has 4 rings (SSSR count). The lowest BCUT2D eigenvalue weighted by Crippen LogP contribution is -2.27. The SMILES string of the molecule is CCOc1cc(C=C2SC(=S)N(Cc3ccccc3)C2=O)cc(Cl)c1OCCCOc1ccccc1Cl. The van der Waals surface area contributed by atoms with Gasteiger partial charge in [0.2, 0.25) is 0 Å². The highest BCUT2D eigenvalue weighted by molar-refractivity contribution is 8.26. The second-order valence-electron chi connectivity index (χ2n) is 8.00. The summed E-state index contributed by atoms with van der Waals surface area (Å²) in [7, 11) is 0. The number of hydrogen-bond acceptors (Lipinski definition) is 6. The predicted molar refractivity (Wildman–Crippen MR) is 155 cm³/mol. The molecule has 0 spiro atoms. The third-order valence-corrected chi connectivity index (χ3v) is 7.29. The first-order valence-corrected chi connectivity index (χ1v) is 13.7. The van der Waals surface area contributed by atoms with Gasteiger partial charge in [-0.3, -0.25) is 9.69 Å². The molecule has 1 saturated heterocycles. The highest BCUT2D eigenvalue weighted by atomic mass is 35.5. The molecule has 0 aliphatic carbocycles. The summed E-state index contributed by atoms with van der Waals surface area (Å²) in [5.74, 6) is 1.46. The molecule has 3 aromatic carbocycles. The van der Waals surface area contributed by atoms with Gasteiger partial charge in [-0.1, -0.05) is 89.6 Å². The number of para-hydroxylation sites is 1. The lowest BCUT2D eigenvalue weighted by Gasteiger charge is -2.15. The molecule has 1 heterocycles. The van der Waals surface area contributed by atoms with Crippen LogP contribution in [0, 0.1) is 0 Å². The largest absolute Gasteiger partial charge is 0.492 e. The molecule has 1 amide bonds. The van der Waals surface area contributed by atoms with Crippen molar-refractivity contribution >= 4 is 63.5 Å². The molecule has 0 aromatic heterocycles. The summed E-state index contributed by atoms with van der Waals surface area (Å²) < 4.78 is 18.0. The first kappa shape index (κ1) is 27.3.